The fraction of sp³-hybridized carbons (Fsp3) is 0.500. The Labute approximate surface area is 354 Å². The first-order valence-corrected chi connectivity index (χ1v) is 22.2. The molecule has 2 aliphatic rings. The van der Waals surface area contributed by atoms with Crippen molar-refractivity contribution >= 4 is 8.30 Å². The molecule has 1 aliphatic carbocycles. The number of benzene rings is 3. The summed E-state index contributed by atoms with van der Waals surface area (Å²) in [5.41, 5.74) is -1.01. The highest BCUT2D eigenvalue weighted by molar-refractivity contribution is 7.50. The third-order valence-electron chi connectivity index (χ3n) is 11.5. The van der Waals surface area contributed by atoms with Gasteiger partial charge in [0.25, 0.3) is 5.56 Å². The number of ether oxygens (including phenoxy) is 4. The SMILES string of the molecule is COc1ccc(C(OC[C@]2(COP(C(O)CC#N)N(C(C)C)C(C)C)CN(C3CCCCC3)C[C@H](n3ccc(=O)[nH]c3=O)O2)(c2ccccc2)c2ccc(OC)cc2)cc1. The van der Waals surface area contributed by atoms with Crippen LogP contribution in [0.4, 0.5) is 0 Å². The lowest BCUT2D eigenvalue weighted by Crippen LogP contribution is -2.62. The third-order valence-corrected chi connectivity index (χ3v) is 14.0. The predicted molar refractivity (Wildman–Crippen MR) is 232 cm³/mol. The highest BCUT2D eigenvalue weighted by Crippen LogP contribution is 2.51. The summed E-state index contributed by atoms with van der Waals surface area (Å²) in [4.78, 5) is 30.6. The van der Waals surface area contributed by atoms with Gasteiger partial charge in [-0.05, 0) is 81.5 Å². The first-order valence-electron chi connectivity index (χ1n) is 20.9. The molecule has 13 nitrogen and oxygen atoms in total. The maximum absolute atomic E-state index is 13.5. The molecular formula is C46H60N5O8P. The number of nitrogens with zero attached hydrogens (tertiary/aromatic N) is 4. The zero-order valence-electron chi connectivity index (χ0n) is 35.7. The van der Waals surface area contributed by atoms with Crippen LogP contribution in [-0.2, 0) is 19.6 Å². The molecule has 4 aromatic rings. The fourth-order valence-electron chi connectivity index (χ4n) is 8.74. The summed E-state index contributed by atoms with van der Waals surface area (Å²) >= 11 is 0. The first-order chi connectivity index (χ1) is 28.9. The van der Waals surface area contributed by atoms with E-state index in [1.54, 1.807) is 14.2 Å². The minimum Gasteiger partial charge on any atom is -0.497 e. The summed E-state index contributed by atoms with van der Waals surface area (Å²) in [6.45, 7) is 8.93. The standard InChI is InChI=1S/C46H60N5O8P/c1-33(2)51(34(3)4)60(43(53)25-27-47)58-32-45(30-49(38-15-11-8-12-16-38)29-42(59-45)50-28-26-41(52)48-44(50)54)31-57-46(35-13-9-7-10-14-35,36-17-21-39(55-5)22-18-36)37-19-23-40(56-6)24-20-37/h7,9-10,13-14,17-24,26,28,33-34,38,42-43,53H,8,11-12,15-16,25,29-32H2,1-6H3,(H,48,52,54)/t42-,43?,45+,60?/m1/s1. The van der Waals surface area contributed by atoms with Crippen molar-refractivity contribution in [3.8, 4) is 17.6 Å². The minimum absolute atomic E-state index is 0.00833. The van der Waals surface area contributed by atoms with Crippen molar-refractivity contribution in [2.45, 2.75) is 108 Å². The molecule has 0 bridgehead atoms. The Bertz CT molecular complexity index is 2060. The molecule has 0 spiro atoms. The largest absolute Gasteiger partial charge is 0.497 e. The van der Waals surface area contributed by atoms with Crippen LogP contribution in [0.5, 0.6) is 11.5 Å². The molecule has 322 valence electrons. The highest BCUT2D eigenvalue weighted by atomic mass is 31.2. The second kappa shape index (κ2) is 20.5. The van der Waals surface area contributed by atoms with E-state index < -0.39 is 42.8 Å². The van der Waals surface area contributed by atoms with E-state index in [1.165, 1.54) is 16.8 Å². The molecule has 1 aromatic heterocycles. The van der Waals surface area contributed by atoms with Crippen LogP contribution in [0.1, 0.15) is 89.1 Å². The number of hydrogen-bond donors (Lipinski definition) is 2. The van der Waals surface area contributed by atoms with Crippen molar-refractivity contribution in [2.75, 3.05) is 40.5 Å². The van der Waals surface area contributed by atoms with E-state index in [2.05, 4.69) is 48.3 Å². The van der Waals surface area contributed by atoms with Crippen molar-refractivity contribution < 1.29 is 28.6 Å². The lowest BCUT2D eigenvalue weighted by Gasteiger charge is -2.51. The van der Waals surface area contributed by atoms with Crippen LogP contribution in [0.15, 0.2) is 101 Å². The Balaban J connectivity index is 1.54. The Kier molecular flexibility index (Phi) is 15.4. The van der Waals surface area contributed by atoms with E-state index in [0.29, 0.717) is 24.6 Å². The van der Waals surface area contributed by atoms with E-state index in [4.69, 9.17) is 23.5 Å². The molecule has 2 heterocycles. The van der Waals surface area contributed by atoms with Gasteiger partial charge in [0.05, 0.1) is 39.9 Å². The molecule has 1 aliphatic heterocycles. The van der Waals surface area contributed by atoms with Crippen molar-refractivity contribution in [3.05, 3.63) is 129 Å². The summed E-state index contributed by atoms with van der Waals surface area (Å²) in [5, 5.41) is 21.4. The van der Waals surface area contributed by atoms with Gasteiger partial charge in [0, 0.05) is 43.5 Å². The molecule has 1 saturated carbocycles. The van der Waals surface area contributed by atoms with Gasteiger partial charge in [0.1, 0.15) is 36.8 Å². The van der Waals surface area contributed by atoms with Crippen molar-refractivity contribution in [1.29, 1.82) is 5.26 Å². The molecule has 60 heavy (non-hydrogen) atoms. The first kappa shape index (κ1) is 45.2. The van der Waals surface area contributed by atoms with Gasteiger partial charge in [-0.1, -0.05) is 73.9 Å². The normalized spacial score (nSPS) is 20.2. The average Bonchev–Trinajstić information content (AvgIpc) is 3.26. The highest BCUT2D eigenvalue weighted by Gasteiger charge is 2.49. The lowest BCUT2D eigenvalue weighted by molar-refractivity contribution is -0.233. The maximum atomic E-state index is 13.5. The Hall–Kier alpha value is -4.38. The zero-order chi connectivity index (χ0) is 42.9. The van der Waals surface area contributed by atoms with Crippen LogP contribution in [-0.4, -0.2) is 94.3 Å². The number of aliphatic hydroxyl groups excluding tert-OH is 1. The quantitative estimate of drug-likeness (QED) is 0.0777. The van der Waals surface area contributed by atoms with Gasteiger partial charge >= 0.3 is 5.69 Å². The molecule has 2 fully saturated rings. The van der Waals surface area contributed by atoms with Crippen molar-refractivity contribution in [1.82, 2.24) is 19.1 Å². The third kappa shape index (κ3) is 10.2. The number of methoxy groups -OCH3 is 2. The van der Waals surface area contributed by atoms with Gasteiger partial charge in [-0.25, -0.2) is 4.79 Å². The number of H-pyrrole nitrogens is 1. The summed E-state index contributed by atoms with van der Waals surface area (Å²) < 4.78 is 36.5. The zero-order valence-corrected chi connectivity index (χ0v) is 36.6. The Morgan fingerprint density at radius 3 is 2.00 bits per heavy atom. The number of morpholine rings is 1. The number of hydrogen-bond acceptors (Lipinski definition) is 11. The smallest absolute Gasteiger partial charge is 0.330 e. The predicted octanol–water partition coefficient (Wildman–Crippen LogP) is 7.14. The summed E-state index contributed by atoms with van der Waals surface area (Å²) in [7, 11) is 1.52. The fourth-order valence-corrected chi connectivity index (χ4v) is 10.9. The second-order valence-corrected chi connectivity index (χ2v) is 18.2. The molecule has 1 saturated heterocycles. The minimum atomic E-state index is -1.75. The van der Waals surface area contributed by atoms with Crippen LogP contribution in [0.2, 0.25) is 0 Å². The molecule has 14 heteroatoms. The van der Waals surface area contributed by atoms with Gasteiger partial charge in [0.2, 0.25) is 0 Å². The number of nitriles is 1. The molecule has 3 aromatic carbocycles. The van der Waals surface area contributed by atoms with Crippen LogP contribution < -0.4 is 20.7 Å². The van der Waals surface area contributed by atoms with Gasteiger partial charge in [-0.2, -0.15) is 5.26 Å². The summed E-state index contributed by atoms with van der Waals surface area (Å²) in [6, 6.07) is 29.3. The molecule has 2 unspecified atom stereocenters. The van der Waals surface area contributed by atoms with Gasteiger partial charge < -0.3 is 28.6 Å². The molecule has 4 atom stereocenters. The van der Waals surface area contributed by atoms with Crippen LogP contribution in [0.3, 0.4) is 0 Å². The van der Waals surface area contributed by atoms with Crippen molar-refractivity contribution in [2.24, 2.45) is 0 Å². The van der Waals surface area contributed by atoms with Crippen LogP contribution in [0, 0.1) is 11.3 Å². The maximum Gasteiger partial charge on any atom is 0.330 e. The molecule has 0 amide bonds. The average molecular weight is 842 g/mol. The van der Waals surface area contributed by atoms with E-state index >= 15 is 0 Å². The van der Waals surface area contributed by atoms with Gasteiger partial charge in [0.15, 0.2) is 6.23 Å². The van der Waals surface area contributed by atoms with Crippen molar-refractivity contribution in [3.63, 3.8) is 0 Å². The molecule has 6 rings (SSSR count). The van der Waals surface area contributed by atoms with Crippen LogP contribution >= 0.6 is 8.30 Å². The molecule has 0 radical (unpaired) electrons. The second-order valence-electron chi connectivity index (χ2n) is 16.3. The van der Waals surface area contributed by atoms with E-state index in [0.717, 1.165) is 48.8 Å². The van der Waals surface area contributed by atoms with Crippen LogP contribution in [0.25, 0.3) is 0 Å². The number of aromatic nitrogens is 2. The van der Waals surface area contributed by atoms with E-state index in [9.17, 15) is 20.0 Å². The molecular weight excluding hydrogens is 782 g/mol. The van der Waals surface area contributed by atoms with Gasteiger partial charge in [-0.3, -0.25) is 23.9 Å². The number of nitrogens with one attached hydrogen (secondary N) is 1. The summed E-state index contributed by atoms with van der Waals surface area (Å²) in [5.74, 6) is 0.320. The Morgan fingerprint density at radius 1 is 0.883 bits per heavy atom. The van der Waals surface area contributed by atoms with Gasteiger partial charge in [-0.15, -0.1) is 0 Å². The molecule has 2 N–H and O–H groups in total. The van der Waals surface area contributed by atoms with E-state index in [1.807, 2.05) is 78.9 Å². The number of aliphatic hydroxyl groups is 1. The lowest BCUT2D eigenvalue weighted by atomic mass is 9.79. The monoisotopic (exact) mass is 841 g/mol. The number of rotatable bonds is 18. The number of aromatic amines is 1. The Morgan fingerprint density at radius 2 is 1.47 bits per heavy atom. The topological polar surface area (TPSA) is 152 Å². The summed E-state index contributed by atoms with van der Waals surface area (Å²) in [6.07, 6.45) is 5.84. The van der Waals surface area contributed by atoms with E-state index in [-0.39, 0.29) is 37.8 Å².